The Morgan fingerprint density at radius 2 is 1.90 bits per heavy atom. The maximum absolute atomic E-state index is 13.5. The molecule has 0 unspecified atom stereocenters. The SMILES string of the molecule is COc1ccc2ccccc2c1[C@@H]1NC(=S)NC(C)=C1C(=O)Nc1cc(Cl)ccc1C. The molecule has 1 aliphatic rings. The molecule has 3 N–H and O–H groups in total. The van der Waals surface area contributed by atoms with Gasteiger partial charge in [0.25, 0.3) is 5.91 Å². The Kier molecular flexibility index (Phi) is 5.85. The maximum atomic E-state index is 13.5. The van der Waals surface area contributed by atoms with E-state index in [0.717, 1.165) is 21.9 Å². The van der Waals surface area contributed by atoms with Crippen LogP contribution in [0.4, 0.5) is 5.69 Å². The van der Waals surface area contributed by atoms with Crippen LogP contribution in [0.15, 0.2) is 65.9 Å². The van der Waals surface area contributed by atoms with Crippen LogP contribution in [0, 0.1) is 6.92 Å². The van der Waals surface area contributed by atoms with Crippen LogP contribution in [-0.4, -0.2) is 18.1 Å². The molecule has 0 aliphatic carbocycles. The minimum absolute atomic E-state index is 0.245. The molecule has 0 saturated carbocycles. The fourth-order valence-corrected chi connectivity index (χ4v) is 4.32. The average molecular weight is 452 g/mol. The van der Waals surface area contributed by atoms with Crippen molar-refractivity contribution in [2.45, 2.75) is 19.9 Å². The highest BCUT2D eigenvalue weighted by molar-refractivity contribution is 7.80. The zero-order valence-electron chi connectivity index (χ0n) is 17.4. The summed E-state index contributed by atoms with van der Waals surface area (Å²) in [5.41, 5.74) is 3.65. The largest absolute Gasteiger partial charge is 0.496 e. The van der Waals surface area contributed by atoms with E-state index in [2.05, 4.69) is 16.0 Å². The second-order valence-corrected chi connectivity index (χ2v) is 8.23. The molecular formula is C24H22ClN3O2S. The highest BCUT2D eigenvalue weighted by Crippen LogP contribution is 2.38. The molecule has 31 heavy (non-hydrogen) atoms. The van der Waals surface area contributed by atoms with Gasteiger partial charge in [-0.2, -0.15) is 0 Å². The van der Waals surface area contributed by atoms with Crippen LogP contribution in [0.25, 0.3) is 10.8 Å². The molecular weight excluding hydrogens is 430 g/mol. The van der Waals surface area contributed by atoms with Gasteiger partial charge in [0, 0.05) is 22.0 Å². The maximum Gasteiger partial charge on any atom is 0.255 e. The summed E-state index contributed by atoms with van der Waals surface area (Å²) < 4.78 is 5.68. The third kappa shape index (κ3) is 4.09. The normalized spacial score (nSPS) is 16.0. The molecule has 1 atom stereocenters. The molecule has 0 radical (unpaired) electrons. The number of allylic oxidation sites excluding steroid dienone is 1. The van der Waals surface area contributed by atoms with Crippen molar-refractivity contribution < 1.29 is 9.53 Å². The molecule has 4 rings (SSSR count). The number of amides is 1. The molecule has 0 bridgehead atoms. The van der Waals surface area contributed by atoms with E-state index in [9.17, 15) is 4.79 Å². The van der Waals surface area contributed by atoms with E-state index >= 15 is 0 Å². The van der Waals surface area contributed by atoms with Crippen molar-refractivity contribution in [3.63, 3.8) is 0 Å². The monoisotopic (exact) mass is 451 g/mol. The lowest BCUT2D eigenvalue weighted by Crippen LogP contribution is -2.46. The van der Waals surface area contributed by atoms with Gasteiger partial charge >= 0.3 is 0 Å². The van der Waals surface area contributed by atoms with Gasteiger partial charge in [-0.1, -0.05) is 48.0 Å². The molecule has 5 nitrogen and oxygen atoms in total. The van der Waals surface area contributed by atoms with Gasteiger partial charge in [-0.3, -0.25) is 4.79 Å². The number of rotatable bonds is 4. The van der Waals surface area contributed by atoms with E-state index < -0.39 is 6.04 Å². The fourth-order valence-electron chi connectivity index (χ4n) is 3.88. The van der Waals surface area contributed by atoms with Crippen molar-refractivity contribution in [1.82, 2.24) is 10.6 Å². The number of hydrogen-bond acceptors (Lipinski definition) is 3. The Balaban J connectivity index is 1.85. The van der Waals surface area contributed by atoms with Crippen molar-refractivity contribution in [2.24, 2.45) is 0 Å². The Labute approximate surface area is 191 Å². The van der Waals surface area contributed by atoms with Crippen molar-refractivity contribution >= 4 is 51.3 Å². The summed E-state index contributed by atoms with van der Waals surface area (Å²) in [5.74, 6) is 0.434. The standard InChI is InChI=1S/C24H22ClN3O2S/c1-13-8-10-16(25)12-18(13)27-23(29)20-14(2)26-24(31)28-22(20)21-17-7-5-4-6-15(17)9-11-19(21)30-3/h4-12,22H,1-3H3,(H,27,29)(H2,26,28,31)/t22-/m1/s1. The van der Waals surface area contributed by atoms with E-state index in [0.29, 0.717) is 32.8 Å². The molecule has 1 amide bonds. The van der Waals surface area contributed by atoms with E-state index in [4.69, 9.17) is 28.6 Å². The predicted molar refractivity (Wildman–Crippen MR) is 130 cm³/mol. The number of thiocarbonyl (C=S) groups is 1. The highest BCUT2D eigenvalue weighted by Gasteiger charge is 2.33. The van der Waals surface area contributed by atoms with Crippen LogP contribution < -0.4 is 20.7 Å². The summed E-state index contributed by atoms with van der Waals surface area (Å²) in [6.07, 6.45) is 0. The summed E-state index contributed by atoms with van der Waals surface area (Å²) in [5, 5.41) is 12.4. The number of fused-ring (bicyclic) bond motifs is 1. The number of ether oxygens (including phenoxy) is 1. The summed E-state index contributed by atoms with van der Waals surface area (Å²) in [4.78, 5) is 13.5. The van der Waals surface area contributed by atoms with Gasteiger partial charge in [-0.05, 0) is 60.6 Å². The molecule has 158 valence electrons. The van der Waals surface area contributed by atoms with E-state index in [1.54, 1.807) is 19.2 Å². The van der Waals surface area contributed by atoms with Crippen LogP contribution in [0.3, 0.4) is 0 Å². The van der Waals surface area contributed by atoms with Crippen LogP contribution in [0.5, 0.6) is 5.75 Å². The van der Waals surface area contributed by atoms with E-state index in [-0.39, 0.29) is 5.91 Å². The van der Waals surface area contributed by atoms with Crippen LogP contribution >= 0.6 is 23.8 Å². The first-order chi connectivity index (χ1) is 14.9. The molecule has 0 aromatic heterocycles. The second-order valence-electron chi connectivity index (χ2n) is 7.39. The fraction of sp³-hybridized carbons (Fsp3) is 0.167. The first-order valence-electron chi connectivity index (χ1n) is 9.80. The average Bonchev–Trinajstić information content (AvgIpc) is 2.74. The molecule has 3 aromatic rings. The lowest BCUT2D eigenvalue weighted by molar-refractivity contribution is -0.113. The molecule has 0 spiro atoms. The molecule has 1 heterocycles. The number of benzene rings is 3. The molecule has 0 saturated heterocycles. The van der Waals surface area contributed by atoms with Gasteiger partial charge in [0.1, 0.15) is 5.75 Å². The highest BCUT2D eigenvalue weighted by atomic mass is 35.5. The zero-order chi connectivity index (χ0) is 22.1. The second kappa shape index (κ2) is 8.57. The summed E-state index contributed by atoms with van der Waals surface area (Å²) >= 11 is 11.6. The predicted octanol–water partition coefficient (Wildman–Crippen LogP) is 5.24. The number of carbonyl (C=O) groups is 1. The van der Waals surface area contributed by atoms with E-state index in [1.807, 2.05) is 56.3 Å². The molecule has 0 fully saturated rings. The van der Waals surface area contributed by atoms with Crippen molar-refractivity contribution in [3.8, 4) is 5.75 Å². The number of halogens is 1. The Morgan fingerprint density at radius 3 is 2.68 bits per heavy atom. The Bertz CT molecular complexity index is 1240. The van der Waals surface area contributed by atoms with Crippen molar-refractivity contribution in [3.05, 3.63) is 82.0 Å². The smallest absolute Gasteiger partial charge is 0.255 e. The summed E-state index contributed by atoms with van der Waals surface area (Å²) in [6.45, 7) is 3.77. The van der Waals surface area contributed by atoms with Gasteiger partial charge in [0.2, 0.25) is 0 Å². The third-order valence-electron chi connectivity index (χ3n) is 5.40. The zero-order valence-corrected chi connectivity index (χ0v) is 18.9. The number of nitrogens with one attached hydrogen (secondary N) is 3. The molecule has 3 aromatic carbocycles. The first-order valence-corrected chi connectivity index (χ1v) is 10.6. The number of anilines is 1. The lowest BCUT2D eigenvalue weighted by Gasteiger charge is -2.32. The molecule has 1 aliphatic heterocycles. The number of methoxy groups -OCH3 is 1. The lowest BCUT2D eigenvalue weighted by atomic mass is 9.90. The minimum Gasteiger partial charge on any atom is -0.496 e. The van der Waals surface area contributed by atoms with Gasteiger partial charge in [-0.15, -0.1) is 0 Å². The van der Waals surface area contributed by atoms with Crippen LogP contribution in [0.1, 0.15) is 24.1 Å². The van der Waals surface area contributed by atoms with Crippen LogP contribution in [0.2, 0.25) is 5.02 Å². The first kappa shape index (κ1) is 21.2. The van der Waals surface area contributed by atoms with E-state index in [1.165, 1.54) is 0 Å². The van der Waals surface area contributed by atoms with Gasteiger partial charge in [0.15, 0.2) is 5.11 Å². The number of hydrogen-bond donors (Lipinski definition) is 3. The molecule has 7 heteroatoms. The van der Waals surface area contributed by atoms with Gasteiger partial charge in [-0.25, -0.2) is 0 Å². The van der Waals surface area contributed by atoms with Crippen molar-refractivity contribution in [2.75, 3.05) is 12.4 Å². The quantitative estimate of drug-likeness (QED) is 0.473. The van der Waals surface area contributed by atoms with Crippen LogP contribution in [-0.2, 0) is 4.79 Å². The summed E-state index contributed by atoms with van der Waals surface area (Å²) in [7, 11) is 1.62. The Morgan fingerprint density at radius 1 is 1.13 bits per heavy atom. The minimum atomic E-state index is -0.491. The third-order valence-corrected chi connectivity index (χ3v) is 5.86. The topological polar surface area (TPSA) is 62.4 Å². The van der Waals surface area contributed by atoms with Crippen molar-refractivity contribution in [1.29, 1.82) is 0 Å². The van der Waals surface area contributed by atoms with Gasteiger partial charge in [0.05, 0.1) is 18.7 Å². The van der Waals surface area contributed by atoms with Gasteiger partial charge < -0.3 is 20.7 Å². The summed E-state index contributed by atoms with van der Waals surface area (Å²) in [6, 6.07) is 16.8. The number of carbonyl (C=O) groups excluding carboxylic acids is 1. The Hall–Kier alpha value is -3.09. The number of aryl methyl sites for hydroxylation is 1.